The van der Waals surface area contributed by atoms with Crippen LogP contribution in [0.4, 0.5) is 34.9 Å². The van der Waals surface area contributed by atoms with E-state index in [1.54, 1.807) is 0 Å². The molecular weight excluding hydrogens is 546 g/mol. The Labute approximate surface area is 233 Å². The number of morpholine rings is 1. The molecule has 2 aromatic rings. The number of benzene rings is 1. The molecule has 10 nitrogen and oxygen atoms in total. The van der Waals surface area contributed by atoms with E-state index in [1.807, 2.05) is 28.8 Å². The fourth-order valence-electron chi connectivity index (χ4n) is 5.08. The average Bonchev–Trinajstić information content (AvgIpc) is 3.44. The van der Waals surface area contributed by atoms with Crippen molar-refractivity contribution < 1.29 is 31.9 Å². The van der Waals surface area contributed by atoms with Crippen LogP contribution in [0.15, 0.2) is 41.2 Å². The van der Waals surface area contributed by atoms with E-state index in [4.69, 9.17) is 4.74 Å². The summed E-state index contributed by atoms with van der Waals surface area (Å²) in [6.07, 6.45) is -0.225. The largest absolute Gasteiger partial charge is 0.414 e. The lowest BCUT2D eigenvalue weighted by molar-refractivity contribution is -0.124. The highest BCUT2D eigenvalue weighted by molar-refractivity contribution is 6.11. The van der Waals surface area contributed by atoms with Gasteiger partial charge in [-0.05, 0) is 32.6 Å². The van der Waals surface area contributed by atoms with Crippen molar-refractivity contribution in [3.63, 3.8) is 0 Å². The molecule has 4 heterocycles. The molecule has 2 fully saturated rings. The molecule has 1 aromatic carbocycles. The molecule has 218 valence electrons. The summed E-state index contributed by atoms with van der Waals surface area (Å²) < 4.78 is 61.9. The van der Waals surface area contributed by atoms with Crippen LogP contribution in [0.1, 0.15) is 6.42 Å². The molecule has 3 aliphatic rings. The zero-order valence-corrected chi connectivity index (χ0v) is 22.5. The fourth-order valence-corrected chi connectivity index (χ4v) is 5.08. The average molecular weight is 576 g/mol. The maximum Gasteiger partial charge on any atom is 0.414 e. The van der Waals surface area contributed by atoms with E-state index in [2.05, 4.69) is 20.3 Å². The number of aromatic nitrogens is 2. The van der Waals surface area contributed by atoms with Gasteiger partial charge in [0, 0.05) is 68.0 Å². The van der Waals surface area contributed by atoms with Gasteiger partial charge in [-0.3, -0.25) is 9.59 Å². The Hall–Kier alpha value is -3.91. The van der Waals surface area contributed by atoms with Gasteiger partial charge in [0.1, 0.15) is 11.7 Å². The van der Waals surface area contributed by atoms with Crippen molar-refractivity contribution in [2.45, 2.75) is 18.6 Å². The van der Waals surface area contributed by atoms with E-state index < -0.39 is 35.3 Å². The molecule has 5 rings (SSSR count). The third kappa shape index (κ3) is 6.22. The van der Waals surface area contributed by atoms with Crippen molar-refractivity contribution in [1.82, 2.24) is 14.9 Å². The highest BCUT2D eigenvalue weighted by Gasteiger charge is 2.43. The molecule has 41 heavy (non-hydrogen) atoms. The van der Waals surface area contributed by atoms with Gasteiger partial charge < -0.3 is 24.8 Å². The molecule has 1 aromatic heterocycles. The van der Waals surface area contributed by atoms with E-state index in [0.717, 1.165) is 6.42 Å². The van der Waals surface area contributed by atoms with Crippen LogP contribution in [-0.4, -0.2) is 98.6 Å². The summed E-state index contributed by atoms with van der Waals surface area (Å²) in [6, 6.07) is 2.80. The Kier molecular flexibility index (Phi) is 8.04. The van der Waals surface area contributed by atoms with Crippen LogP contribution in [0, 0.1) is 11.7 Å². The highest BCUT2D eigenvalue weighted by atomic mass is 19.4. The van der Waals surface area contributed by atoms with E-state index in [-0.39, 0.29) is 17.3 Å². The molecule has 3 aliphatic heterocycles. The Morgan fingerprint density at radius 2 is 1.80 bits per heavy atom. The first kappa shape index (κ1) is 28.6. The standard InChI is InChI=1S/C27H29F4N7O3/c1-36(2)17-3-4-38(15-17)23-11-21(28)18(16-12-33-26(34-13-16)37-5-7-41-8-6-37)9-22(23)35-25(40)19-14-32-24(39)10-20(19)27(29,30)31/h9-14,17,19H,3-8,15H2,1-2H3,(H,35,40)/t17-,19?/m0/s1. The van der Waals surface area contributed by atoms with Gasteiger partial charge in [-0.1, -0.05) is 0 Å². The lowest BCUT2D eigenvalue weighted by Gasteiger charge is -2.27. The van der Waals surface area contributed by atoms with Crippen molar-refractivity contribution in [3.05, 3.63) is 42.0 Å². The second-order valence-corrected chi connectivity index (χ2v) is 10.3. The van der Waals surface area contributed by atoms with Gasteiger partial charge in [0.15, 0.2) is 0 Å². The van der Waals surface area contributed by atoms with E-state index in [1.165, 1.54) is 24.5 Å². The first-order valence-corrected chi connectivity index (χ1v) is 13.1. The number of rotatable bonds is 6. The molecule has 0 aliphatic carbocycles. The summed E-state index contributed by atoms with van der Waals surface area (Å²) in [5, 5.41) is 2.55. The molecule has 1 N–H and O–H groups in total. The zero-order chi connectivity index (χ0) is 29.3. The Balaban J connectivity index is 1.49. The number of carbonyl (C=O) groups is 2. The minimum absolute atomic E-state index is 0.0695. The maximum absolute atomic E-state index is 15.6. The summed E-state index contributed by atoms with van der Waals surface area (Å²) in [6.45, 7) is 3.40. The summed E-state index contributed by atoms with van der Waals surface area (Å²) in [4.78, 5) is 42.7. The van der Waals surface area contributed by atoms with Crippen molar-refractivity contribution >= 4 is 35.4 Å². The van der Waals surface area contributed by atoms with Crippen molar-refractivity contribution in [1.29, 1.82) is 0 Å². The maximum atomic E-state index is 15.6. The van der Waals surface area contributed by atoms with Crippen LogP contribution in [0.3, 0.4) is 0 Å². The smallest absolute Gasteiger partial charge is 0.378 e. The number of hydrogen-bond acceptors (Lipinski definition) is 8. The van der Waals surface area contributed by atoms with Crippen LogP contribution in [-0.2, 0) is 14.3 Å². The number of ether oxygens (including phenoxy) is 1. The predicted molar refractivity (Wildman–Crippen MR) is 145 cm³/mol. The Morgan fingerprint density at radius 1 is 1.10 bits per heavy atom. The minimum atomic E-state index is -4.92. The summed E-state index contributed by atoms with van der Waals surface area (Å²) in [5.74, 6) is -4.13. The van der Waals surface area contributed by atoms with Gasteiger partial charge in [0.2, 0.25) is 11.9 Å². The first-order chi connectivity index (χ1) is 19.5. The number of likely N-dealkylation sites (N-methyl/N-ethyl adjacent to an activating group) is 1. The Morgan fingerprint density at radius 3 is 2.44 bits per heavy atom. The monoisotopic (exact) mass is 575 g/mol. The lowest BCUT2D eigenvalue weighted by atomic mass is 9.95. The first-order valence-electron chi connectivity index (χ1n) is 13.1. The molecule has 1 unspecified atom stereocenters. The van der Waals surface area contributed by atoms with Crippen LogP contribution in [0.2, 0.25) is 0 Å². The topological polar surface area (TPSA) is 103 Å². The van der Waals surface area contributed by atoms with Crippen molar-refractivity contribution in [2.75, 3.05) is 68.6 Å². The van der Waals surface area contributed by atoms with Gasteiger partial charge in [0.05, 0.1) is 30.2 Å². The van der Waals surface area contributed by atoms with Crippen LogP contribution >= 0.6 is 0 Å². The zero-order valence-electron chi connectivity index (χ0n) is 22.5. The van der Waals surface area contributed by atoms with E-state index in [0.29, 0.717) is 68.9 Å². The quantitative estimate of drug-likeness (QED) is 0.525. The van der Waals surface area contributed by atoms with Gasteiger partial charge in [-0.25, -0.2) is 19.4 Å². The minimum Gasteiger partial charge on any atom is -0.378 e. The summed E-state index contributed by atoms with van der Waals surface area (Å²) in [7, 11) is 3.85. The summed E-state index contributed by atoms with van der Waals surface area (Å²) >= 11 is 0. The fraction of sp³-hybridized carbons (Fsp3) is 0.444. The Bertz CT molecular complexity index is 1370. The van der Waals surface area contributed by atoms with E-state index in [9.17, 15) is 22.8 Å². The molecule has 2 amide bonds. The van der Waals surface area contributed by atoms with Gasteiger partial charge in [0.25, 0.3) is 5.91 Å². The number of anilines is 3. The second kappa shape index (κ2) is 11.5. The third-order valence-corrected chi connectivity index (χ3v) is 7.40. The summed E-state index contributed by atoms with van der Waals surface area (Å²) in [5.41, 5.74) is -0.472. The molecular formula is C27H29F4N7O3. The molecule has 0 spiro atoms. The van der Waals surface area contributed by atoms with Gasteiger partial charge in [-0.2, -0.15) is 13.2 Å². The number of aliphatic imine (C=N–C) groups is 1. The van der Waals surface area contributed by atoms with E-state index >= 15 is 4.39 Å². The number of hydrogen-bond donors (Lipinski definition) is 1. The van der Waals surface area contributed by atoms with Gasteiger partial charge >= 0.3 is 6.18 Å². The molecule has 0 saturated carbocycles. The SMILES string of the molecule is CN(C)[C@H]1CCN(c2cc(F)c(-c3cnc(N4CCOCC4)nc3)cc2NC(=O)C2C=NC(=O)C=C2C(F)(F)F)C1. The highest BCUT2D eigenvalue weighted by Crippen LogP contribution is 2.38. The second-order valence-electron chi connectivity index (χ2n) is 10.3. The van der Waals surface area contributed by atoms with Crippen LogP contribution in [0.25, 0.3) is 11.1 Å². The van der Waals surface area contributed by atoms with Crippen LogP contribution in [0.5, 0.6) is 0 Å². The molecule has 2 atom stereocenters. The number of alkyl halides is 3. The lowest BCUT2D eigenvalue weighted by Crippen LogP contribution is -2.37. The number of amides is 2. The van der Waals surface area contributed by atoms with Crippen molar-refractivity contribution in [2.24, 2.45) is 10.9 Å². The molecule has 0 radical (unpaired) electrons. The number of nitrogens with zero attached hydrogens (tertiary/aromatic N) is 6. The number of halogens is 4. The molecule has 14 heteroatoms. The predicted octanol–water partition coefficient (Wildman–Crippen LogP) is 2.91. The number of nitrogens with one attached hydrogen (secondary N) is 1. The number of dihydropyridines is 1. The normalized spacial score (nSPS) is 21.4. The van der Waals surface area contributed by atoms with Crippen molar-refractivity contribution in [3.8, 4) is 11.1 Å². The van der Waals surface area contributed by atoms with Crippen LogP contribution < -0.4 is 15.1 Å². The third-order valence-electron chi connectivity index (χ3n) is 7.40. The molecule has 0 bridgehead atoms. The number of carbonyl (C=O) groups excluding carboxylic acids is 2. The molecule has 2 saturated heterocycles. The van der Waals surface area contributed by atoms with Gasteiger partial charge in [-0.15, -0.1) is 0 Å².